The summed E-state index contributed by atoms with van der Waals surface area (Å²) in [5, 5.41) is 4.29. The van der Waals surface area contributed by atoms with E-state index in [1.807, 2.05) is 35.0 Å². The van der Waals surface area contributed by atoms with Crippen molar-refractivity contribution in [3.8, 4) is 0 Å². The lowest BCUT2D eigenvalue weighted by Crippen LogP contribution is -2.42. The second-order valence-corrected chi connectivity index (χ2v) is 9.44. The fraction of sp³-hybridized carbons (Fsp3) is 0.333. The predicted octanol–water partition coefficient (Wildman–Crippen LogP) is 2.90. The molecule has 4 heteroatoms. The maximum absolute atomic E-state index is 10.9. The third kappa shape index (κ3) is 3.62. The van der Waals surface area contributed by atoms with Crippen LogP contribution in [-0.4, -0.2) is 20.2 Å². The molecule has 16 heavy (non-hydrogen) atoms. The number of benzene rings is 1. The molecule has 0 N–H and O–H groups in total. The summed E-state index contributed by atoms with van der Waals surface area (Å²) in [5.74, 6) is -0.0285. The van der Waals surface area contributed by atoms with Crippen molar-refractivity contribution in [2.75, 3.05) is 4.67 Å². The number of carbonyl (C=O) groups is 1. The normalized spacial score (nSPS) is 11.8. The zero-order valence-corrected chi connectivity index (χ0v) is 11.3. The zero-order valence-electron chi connectivity index (χ0n) is 10.3. The molecule has 0 heterocycles. The minimum atomic E-state index is -1.61. The van der Waals surface area contributed by atoms with Crippen molar-refractivity contribution in [2.24, 2.45) is 5.10 Å². The Hall–Kier alpha value is -1.42. The van der Waals surface area contributed by atoms with Gasteiger partial charge in [-0.2, -0.15) is 5.10 Å². The summed E-state index contributed by atoms with van der Waals surface area (Å²) < 4.78 is 1.98. The molecule has 1 aromatic carbocycles. The Morgan fingerprint density at radius 2 is 1.81 bits per heavy atom. The molecule has 0 saturated heterocycles. The fourth-order valence-electron chi connectivity index (χ4n) is 1.34. The Balaban J connectivity index is 3.03. The lowest BCUT2D eigenvalue weighted by atomic mass is 10.3. The molecule has 0 aliphatic heterocycles. The first-order chi connectivity index (χ1) is 7.41. The topological polar surface area (TPSA) is 32.7 Å². The van der Waals surface area contributed by atoms with Crippen LogP contribution in [0.3, 0.4) is 0 Å². The number of rotatable bonds is 4. The Labute approximate surface area is 97.9 Å². The van der Waals surface area contributed by atoms with Gasteiger partial charge in [0.15, 0.2) is 14.0 Å². The van der Waals surface area contributed by atoms with Crippen molar-refractivity contribution < 1.29 is 4.79 Å². The van der Waals surface area contributed by atoms with Crippen LogP contribution in [-0.2, 0) is 4.79 Å². The number of ketones is 1. The number of hydrazone groups is 1. The van der Waals surface area contributed by atoms with Crippen LogP contribution in [0.25, 0.3) is 0 Å². The number of hydrogen-bond donors (Lipinski definition) is 0. The lowest BCUT2D eigenvalue weighted by molar-refractivity contribution is -0.110. The van der Waals surface area contributed by atoms with Gasteiger partial charge in [-0.1, -0.05) is 18.2 Å². The van der Waals surface area contributed by atoms with E-state index in [0.717, 1.165) is 5.69 Å². The summed E-state index contributed by atoms with van der Waals surface area (Å²) in [7, 11) is -1.61. The largest absolute Gasteiger partial charge is 0.295 e. The smallest absolute Gasteiger partial charge is 0.176 e. The molecule has 0 saturated carbocycles. The van der Waals surface area contributed by atoms with Gasteiger partial charge < -0.3 is 0 Å². The highest BCUT2D eigenvalue weighted by atomic mass is 28.3. The highest BCUT2D eigenvalue weighted by molar-refractivity contribution is 6.79. The van der Waals surface area contributed by atoms with Gasteiger partial charge in [-0.15, -0.1) is 0 Å². The van der Waals surface area contributed by atoms with Gasteiger partial charge >= 0.3 is 0 Å². The van der Waals surface area contributed by atoms with E-state index in [0.29, 0.717) is 0 Å². The van der Waals surface area contributed by atoms with Gasteiger partial charge in [0.25, 0.3) is 0 Å². The van der Waals surface area contributed by atoms with Crippen LogP contribution in [0.4, 0.5) is 5.69 Å². The molecular weight excluding hydrogens is 216 g/mol. The van der Waals surface area contributed by atoms with Gasteiger partial charge in [-0.3, -0.25) is 9.47 Å². The molecule has 0 atom stereocenters. The summed E-state index contributed by atoms with van der Waals surface area (Å²) >= 11 is 0. The molecule has 0 fully saturated rings. The van der Waals surface area contributed by atoms with Gasteiger partial charge in [-0.25, -0.2) is 0 Å². The van der Waals surface area contributed by atoms with E-state index in [1.165, 1.54) is 13.1 Å². The second-order valence-electron chi connectivity index (χ2n) is 4.67. The maximum Gasteiger partial charge on any atom is 0.176 e. The van der Waals surface area contributed by atoms with Crippen molar-refractivity contribution in [3.05, 3.63) is 30.3 Å². The lowest BCUT2D eigenvalue weighted by Gasteiger charge is -2.31. The van der Waals surface area contributed by atoms with Gasteiger partial charge in [-0.05, 0) is 31.8 Å². The van der Waals surface area contributed by atoms with E-state index in [1.54, 1.807) is 0 Å². The summed E-state index contributed by atoms with van der Waals surface area (Å²) in [6, 6.07) is 9.95. The number of hydrogen-bond acceptors (Lipinski definition) is 3. The van der Waals surface area contributed by atoms with E-state index >= 15 is 0 Å². The van der Waals surface area contributed by atoms with Crippen molar-refractivity contribution in [3.63, 3.8) is 0 Å². The van der Waals surface area contributed by atoms with E-state index in [9.17, 15) is 4.79 Å². The average Bonchev–Trinajstić information content (AvgIpc) is 2.17. The third-order valence-corrected chi connectivity index (χ3v) is 3.64. The quantitative estimate of drug-likeness (QED) is 0.456. The predicted molar refractivity (Wildman–Crippen MR) is 71.4 cm³/mol. The van der Waals surface area contributed by atoms with Crippen LogP contribution in [0, 0.1) is 0 Å². The van der Waals surface area contributed by atoms with Crippen LogP contribution in [0.15, 0.2) is 35.4 Å². The van der Waals surface area contributed by atoms with E-state index in [-0.39, 0.29) is 5.78 Å². The minimum absolute atomic E-state index is 0.0285. The molecule has 0 bridgehead atoms. The molecule has 0 radical (unpaired) electrons. The summed E-state index contributed by atoms with van der Waals surface area (Å²) in [6.07, 6.45) is 1.38. The maximum atomic E-state index is 10.9. The first-order valence-electron chi connectivity index (χ1n) is 5.31. The van der Waals surface area contributed by atoms with Crippen LogP contribution < -0.4 is 4.67 Å². The Kier molecular flexibility index (Phi) is 4.01. The van der Waals surface area contributed by atoms with Gasteiger partial charge in [0, 0.05) is 12.6 Å². The first-order valence-corrected chi connectivity index (χ1v) is 8.76. The summed E-state index contributed by atoms with van der Waals surface area (Å²) in [5.41, 5.74) is 1.04. The van der Waals surface area contributed by atoms with Crippen molar-refractivity contribution in [2.45, 2.75) is 26.6 Å². The highest BCUT2D eigenvalue weighted by Crippen LogP contribution is 2.21. The first kappa shape index (κ1) is 12.6. The molecule has 0 unspecified atom stereocenters. The molecule has 0 aliphatic carbocycles. The Morgan fingerprint density at radius 3 is 2.25 bits per heavy atom. The van der Waals surface area contributed by atoms with Crippen LogP contribution in [0.2, 0.25) is 19.6 Å². The van der Waals surface area contributed by atoms with Crippen molar-refractivity contribution in [1.29, 1.82) is 0 Å². The fourth-order valence-corrected chi connectivity index (χ4v) is 2.66. The zero-order chi connectivity index (χ0) is 12.2. The van der Waals surface area contributed by atoms with E-state index in [4.69, 9.17) is 0 Å². The number of Topliss-reactive ketones (excluding diaryl/α,β-unsaturated/α-hetero) is 1. The third-order valence-electron chi connectivity index (χ3n) is 1.99. The number of para-hydroxylation sites is 1. The molecule has 1 rings (SSSR count). The summed E-state index contributed by atoms with van der Waals surface area (Å²) in [4.78, 5) is 10.9. The number of carbonyl (C=O) groups excluding carboxylic acids is 1. The van der Waals surface area contributed by atoms with Gasteiger partial charge in [0.1, 0.15) is 0 Å². The molecule has 3 nitrogen and oxygen atoms in total. The van der Waals surface area contributed by atoms with Crippen molar-refractivity contribution in [1.82, 2.24) is 0 Å². The minimum Gasteiger partial charge on any atom is -0.295 e. The molecule has 0 aliphatic rings. The average molecular weight is 234 g/mol. The number of nitrogens with zero attached hydrogens (tertiary/aromatic N) is 2. The van der Waals surface area contributed by atoms with Crippen molar-refractivity contribution >= 4 is 25.9 Å². The monoisotopic (exact) mass is 234 g/mol. The van der Waals surface area contributed by atoms with E-state index in [2.05, 4.69) is 24.7 Å². The number of anilines is 1. The molecule has 86 valence electrons. The van der Waals surface area contributed by atoms with Crippen LogP contribution >= 0.6 is 0 Å². The molecule has 1 aromatic rings. The molecule has 0 amide bonds. The van der Waals surface area contributed by atoms with Crippen LogP contribution in [0.1, 0.15) is 6.92 Å². The highest BCUT2D eigenvalue weighted by Gasteiger charge is 2.24. The van der Waals surface area contributed by atoms with Gasteiger partial charge in [0.05, 0.1) is 6.21 Å². The standard InChI is InChI=1S/C12H18N2OSi/c1-11(15)10-13-14(16(2,3)4)12-8-6-5-7-9-12/h5-10H,1-4H3/b13-10+. The van der Waals surface area contributed by atoms with Crippen LogP contribution in [0.5, 0.6) is 0 Å². The van der Waals surface area contributed by atoms with Gasteiger partial charge in [0.2, 0.25) is 0 Å². The SMILES string of the molecule is CC(=O)/C=N/N(c1ccccc1)[Si](C)(C)C. The van der Waals surface area contributed by atoms with E-state index < -0.39 is 8.24 Å². The Bertz CT molecular complexity index is 382. The molecule has 0 spiro atoms. The Morgan fingerprint density at radius 1 is 1.25 bits per heavy atom. The summed E-state index contributed by atoms with van der Waals surface area (Å²) in [6.45, 7) is 8.09. The molecule has 0 aromatic heterocycles. The molecular formula is C12H18N2OSi. The second kappa shape index (κ2) is 5.07.